The monoisotopic (exact) mass is 299 g/mol. The molecule has 0 saturated heterocycles. The van der Waals surface area contributed by atoms with Crippen LogP contribution in [-0.4, -0.2) is 9.97 Å². The van der Waals surface area contributed by atoms with Gasteiger partial charge in [-0.3, -0.25) is 0 Å². The molecule has 3 nitrogen and oxygen atoms in total. The Labute approximate surface area is 129 Å². The van der Waals surface area contributed by atoms with Crippen molar-refractivity contribution in [3.63, 3.8) is 0 Å². The standard InChI is InChI=1S/C17H18ClN3/c1-10-15(18)20-17(12-5-6-12)21-16(10)19-14-8-7-11-3-2-4-13(11)9-14/h7-9,12H,2-6H2,1H3,(H,19,20,21). The van der Waals surface area contributed by atoms with E-state index in [2.05, 4.69) is 33.5 Å². The third kappa shape index (κ3) is 2.51. The Bertz CT molecular complexity index is 707. The fourth-order valence-corrected chi connectivity index (χ4v) is 3.11. The van der Waals surface area contributed by atoms with Crippen LogP contribution in [0.4, 0.5) is 11.5 Å². The molecule has 0 radical (unpaired) electrons. The number of rotatable bonds is 3. The summed E-state index contributed by atoms with van der Waals surface area (Å²) < 4.78 is 0. The predicted octanol–water partition coefficient (Wildman–Crippen LogP) is 4.55. The molecule has 0 atom stereocenters. The smallest absolute Gasteiger partial charge is 0.138 e. The van der Waals surface area contributed by atoms with Crippen LogP contribution in [0.5, 0.6) is 0 Å². The molecule has 21 heavy (non-hydrogen) atoms. The first-order chi connectivity index (χ1) is 10.2. The second kappa shape index (κ2) is 4.99. The van der Waals surface area contributed by atoms with Gasteiger partial charge in [0.15, 0.2) is 0 Å². The highest BCUT2D eigenvalue weighted by atomic mass is 35.5. The van der Waals surface area contributed by atoms with Crippen LogP contribution >= 0.6 is 11.6 Å². The quantitative estimate of drug-likeness (QED) is 0.845. The van der Waals surface area contributed by atoms with E-state index in [1.807, 2.05) is 6.92 Å². The lowest BCUT2D eigenvalue weighted by Gasteiger charge is -2.12. The number of aryl methyl sites for hydroxylation is 2. The topological polar surface area (TPSA) is 37.8 Å². The van der Waals surface area contributed by atoms with Crippen LogP contribution in [-0.2, 0) is 12.8 Å². The van der Waals surface area contributed by atoms with Crippen molar-refractivity contribution in [2.75, 3.05) is 5.32 Å². The first-order valence-corrected chi connectivity index (χ1v) is 8.01. The lowest BCUT2D eigenvalue weighted by Crippen LogP contribution is -2.03. The van der Waals surface area contributed by atoms with Crippen LogP contribution in [0.25, 0.3) is 0 Å². The van der Waals surface area contributed by atoms with Crippen molar-refractivity contribution in [3.8, 4) is 0 Å². The second-order valence-electron chi connectivity index (χ2n) is 6.08. The fourth-order valence-electron chi connectivity index (χ4n) is 2.94. The predicted molar refractivity (Wildman–Crippen MR) is 85.5 cm³/mol. The first-order valence-electron chi connectivity index (χ1n) is 7.63. The van der Waals surface area contributed by atoms with Crippen LogP contribution in [0.15, 0.2) is 18.2 Å². The SMILES string of the molecule is Cc1c(Cl)nc(C2CC2)nc1Nc1ccc2c(c1)CCC2. The first kappa shape index (κ1) is 13.1. The van der Waals surface area contributed by atoms with Gasteiger partial charge >= 0.3 is 0 Å². The van der Waals surface area contributed by atoms with Crippen LogP contribution in [0.2, 0.25) is 5.15 Å². The van der Waals surface area contributed by atoms with Gasteiger partial charge < -0.3 is 5.32 Å². The Balaban J connectivity index is 1.67. The van der Waals surface area contributed by atoms with Gasteiger partial charge in [0.1, 0.15) is 16.8 Å². The molecule has 1 heterocycles. The molecule has 1 fully saturated rings. The third-order valence-electron chi connectivity index (χ3n) is 4.41. The number of hydrogen-bond acceptors (Lipinski definition) is 3. The molecule has 4 heteroatoms. The molecule has 1 aromatic heterocycles. The van der Waals surface area contributed by atoms with Gasteiger partial charge in [-0.2, -0.15) is 0 Å². The molecule has 1 saturated carbocycles. The largest absolute Gasteiger partial charge is 0.340 e. The molecule has 0 unspecified atom stereocenters. The van der Waals surface area contributed by atoms with Gasteiger partial charge in [-0.1, -0.05) is 17.7 Å². The Morgan fingerprint density at radius 3 is 2.76 bits per heavy atom. The maximum atomic E-state index is 6.26. The maximum absolute atomic E-state index is 6.26. The number of anilines is 2. The number of halogens is 1. The van der Waals surface area contributed by atoms with Crippen molar-refractivity contribution >= 4 is 23.1 Å². The summed E-state index contributed by atoms with van der Waals surface area (Å²) in [7, 11) is 0. The zero-order valence-electron chi connectivity index (χ0n) is 12.1. The van der Waals surface area contributed by atoms with E-state index in [1.165, 1.54) is 43.2 Å². The number of nitrogens with zero attached hydrogens (tertiary/aromatic N) is 2. The van der Waals surface area contributed by atoms with E-state index in [-0.39, 0.29) is 0 Å². The summed E-state index contributed by atoms with van der Waals surface area (Å²) in [5.41, 5.74) is 4.95. The molecule has 0 amide bonds. The highest BCUT2D eigenvalue weighted by molar-refractivity contribution is 6.30. The van der Waals surface area contributed by atoms with Crippen LogP contribution in [0.3, 0.4) is 0 Å². The maximum Gasteiger partial charge on any atom is 0.138 e. The van der Waals surface area contributed by atoms with E-state index in [0.717, 1.165) is 22.9 Å². The molecule has 0 bridgehead atoms. The van der Waals surface area contributed by atoms with E-state index in [4.69, 9.17) is 11.6 Å². The third-order valence-corrected chi connectivity index (χ3v) is 4.78. The normalized spacial score (nSPS) is 16.9. The number of hydrogen-bond donors (Lipinski definition) is 1. The van der Waals surface area contributed by atoms with Gasteiger partial charge in [0, 0.05) is 17.2 Å². The van der Waals surface area contributed by atoms with Crippen LogP contribution < -0.4 is 5.32 Å². The minimum atomic E-state index is 0.503. The van der Waals surface area contributed by atoms with Crippen molar-refractivity contribution in [1.29, 1.82) is 0 Å². The van der Waals surface area contributed by atoms with Gasteiger partial charge in [0.25, 0.3) is 0 Å². The molecule has 0 aliphatic heterocycles. The second-order valence-corrected chi connectivity index (χ2v) is 6.44. The molecule has 0 spiro atoms. The van der Waals surface area contributed by atoms with Crippen molar-refractivity contribution < 1.29 is 0 Å². The molecular weight excluding hydrogens is 282 g/mol. The fraction of sp³-hybridized carbons (Fsp3) is 0.412. The van der Waals surface area contributed by atoms with Crippen LogP contribution in [0, 0.1) is 6.92 Å². The lowest BCUT2D eigenvalue weighted by atomic mass is 10.1. The van der Waals surface area contributed by atoms with Gasteiger partial charge in [-0.05, 0) is 62.3 Å². The number of aromatic nitrogens is 2. The number of fused-ring (bicyclic) bond motifs is 1. The highest BCUT2D eigenvalue weighted by Gasteiger charge is 2.28. The number of benzene rings is 1. The van der Waals surface area contributed by atoms with Gasteiger partial charge in [-0.25, -0.2) is 9.97 Å². The molecule has 2 aromatic rings. The summed E-state index contributed by atoms with van der Waals surface area (Å²) in [5, 5.41) is 4.00. The van der Waals surface area contributed by atoms with E-state index in [9.17, 15) is 0 Å². The lowest BCUT2D eigenvalue weighted by molar-refractivity contribution is 0.911. The van der Waals surface area contributed by atoms with Crippen molar-refractivity contribution in [2.45, 2.75) is 44.9 Å². The Morgan fingerprint density at radius 1 is 1.14 bits per heavy atom. The van der Waals surface area contributed by atoms with Gasteiger partial charge in [-0.15, -0.1) is 0 Å². The summed E-state index contributed by atoms with van der Waals surface area (Å²) in [4.78, 5) is 9.09. The van der Waals surface area contributed by atoms with Crippen molar-refractivity contribution in [2.24, 2.45) is 0 Å². The molecule has 4 rings (SSSR count). The highest BCUT2D eigenvalue weighted by Crippen LogP contribution is 2.39. The van der Waals surface area contributed by atoms with E-state index < -0.39 is 0 Å². The Kier molecular flexibility index (Phi) is 3.11. The minimum absolute atomic E-state index is 0.503. The minimum Gasteiger partial charge on any atom is -0.340 e. The summed E-state index contributed by atoms with van der Waals surface area (Å²) in [6, 6.07) is 6.61. The molecule has 1 N–H and O–H groups in total. The van der Waals surface area contributed by atoms with Gasteiger partial charge in [0.2, 0.25) is 0 Å². The van der Waals surface area contributed by atoms with Crippen LogP contribution in [0.1, 0.15) is 47.7 Å². The molecule has 2 aliphatic rings. The van der Waals surface area contributed by atoms with Gasteiger partial charge in [0.05, 0.1) is 0 Å². The average Bonchev–Trinajstić information content (AvgIpc) is 3.22. The van der Waals surface area contributed by atoms with Crippen molar-refractivity contribution in [3.05, 3.63) is 45.9 Å². The average molecular weight is 300 g/mol. The summed E-state index contributed by atoms with van der Waals surface area (Å²) in [5.74, 6) is 2.23. The number of nitrogens with one attached hydrogen (secondary N) is 1. The Morgan fingerprint density at radius 2 is 1.95 bits per heavy atom. The summed E-state index contributed by atoms with van der Waals surface area (Å²) >= 11 is 6.26. The summed E-state index contributed by atoms with van der Waals surface area (Å²) in [6.07, 6.45) is 6.01. The zero-order valence-corrected chi connectivity index (χ0v) is 12.9. The summed E-state index contributed by atoms with van der Waals surface area (Å²) in [6.45, 7) is 1.97. The van der Waals surface area contributed by atoms with Crippen molar-refractivity contribution in [1.82, 2.24) is 9.97 Å². The molecule has 2 aliphatic carbocycles. The van der Waals surface area contributed by atoms with E-state index in [0.29, 0.717) is 11.1 Å². The zero-order chi connectivity index (χ0) is 14.4. The van der Waals surface area contributed by atoms with E-state index in [1.54, 1.807) is 0 Å². The Hall–Kier alpha value is -1.61. The van der Waals surface area contributed by atoms with E-state index >= 15 is 0 Å². The molecule has 1 aromatic carbocycles. The molecular formula is C17H18ClN3. The molecule has 108 valence electrons.